The minimum absolute atomic E-state index is 0.124. The molecule has 0 aliphatic carbocycles. The lowest BCUT2D eigenvalue weighted by Gasteiger charge is -2.31. The van der Waals surface area contributed by atoms with Crippen LogP contribution >= 0.6 is 12.2 Å². The highest BCUT2D eigenvalue weighted by atomic mass is 32.1. The molecule has 1 aliphatic heterocycles. The molecular weight excluding hydrogens is 236 g/mol. The lowest BCUT2D eigenvalue weighted by atomic mass is 10.1. The van der Waals surface area contributed by atoms with Gasteiger partial charge < -0.3 is 20.5 Å². The van der Waals surface area contributed by atoms with Crippen molar-refractivity contribution in [2.45, 2.75) is 38.2 Å². The van der Waals surface area contributed by atoms with Crippen molar-refractivity contribution in [1.29, 1.82) is 0 Å². The Morgan fingerprint density at radius 2 is 2.06 bits per heavy atom. The normalized spacial score (nSPS) is 18.4. The van der Waals surface area contributed by atoms with Crippen molar-refractivity contribution in [2.24, 2.45) is 5.73 Å². The molecule has 0 atom stereocenters. The Hall–Kier alpha value is -0.230. The Labute approximate surface area is 109 Å². The number of rotatable bonds is 8. The summed E-state index contributed by atoms with van der Waals surface area (Å²) in [5, 5.41) is 8.68. The number of thiocarbonyl (C=S) groups is 1. The first-order chi connectivity index (χ1) is 8.22. The topological polar surface area (TPSA) is 58.7 Å². The van der Waals surface area contributed by atoms with E-state index in [0.29, 0.717) is 17.7 Å². The number of aliphatic hydroxyl groups is 1. The van der Waals surface area contributed by atoms with Crippen LogP contribution in [-0.4, -0.2) is 53.9 Å². The largest absolute Gasteiger partial charge is 0.394 e. The fraction of sp³-hybridized carbons (Fsp3) is 0.917. The highest BCUT2D eigenvalue weighted by Gasteiger charge is 2.18. The number of piperidine rings is 1. The minimum Gasteiger partial charge on any atom is -0.394 e. The van der Waals surface area contributed by atoms with Crippen molar-refractivity contribution in [2.75, 3.05) is 32.8 Å². The minimum atomic E-state index is 0.124. The van der Waals surface area contributed by atoms with Crippen molar-refractivity contribution in [3.8, 4) is 0 Å². The van der Waals surface area contributed by atoms with E-state index >= 15 is 0 Å². The van der Waals surface area contributed by atoms with Crippen LogP contribution < -0.4 is 5.73 Å². The third-order valence-corrected chi connectivity index (χ3v) is 3.33. The maximum atomic E-state index is 8.68. The molecule has 3 N–H and O–H groups in total. The third kappa shape index (κ3) is 6.93. The predicted molar refractivity (Wildman–Crippen MR) is 73.1 cm³/mol. The highest BCUT2D eigenvalue weighted by molar-refractivity contribution is 7.80. The van der Waals surface area contributed by atoms with Crippen LogP contribution in [0.15, 0.2) is 0 Å². The number of nitrogens with zero attached hydrogens (tertiary/aromatic N) is 1. The Bertz CT molecular complexity index is 219. The fourth-order valence-electron chi connectivity index (χ4n) is 2.15. The number of hydrogen-bond donors (Lipinski definition) is 2. The van der Waals surface area contributed by atoms with Gasteiger partial charge in [0.15, 0.2) is 0 Å². The SMILES string of the molecule is NC(=S)CCCCN1CCC(OCCO)CC1. The molecule has 0 radical (unpaired) electrons. The van der Waals surface area contributed by atoms with E-state index in [1.54, 1.807) is 0 Å². The van der Waals surface area contributed by atoms with Crippen LogP contribution in [0.2, 0.25) is 0 Å². The summed E-state index contributed by atoms with van der Waals surface area (Å²) in [6.45, 7) is 3.93. The summed E-state index contributed by atoms with van der Waals surface area (Å²) in [6.07, 6.45) is 5.63. The van der Waals surface area contributed by atoms with Gasteiger partial charge in [0.05, 0.1) is 24.3 Å². The number of nitrogens with two attached hydrogens (primary N) is 1. The first-order valence-electron chi connectivity index (χ1n) is 6.45. The van der Waals surface area contributed by atoms with Gasteiger partial charge in [-0.2, -0.15) is 0 Å². The Kier molecular flexibility index (Phi) is 7.68. The number of unbranched alkanes of at least 4 members (excludes halogenated alkanes) is 1. The predicted octanol–water partition coefficient (Wildman–Crippen LogP) is 0.916. The van der Waals surface area contributed by atoms with Crippen molar-refractivity contribution in [3.63, 3.8) is 0 Å². The lowest BCUT2D eigenvalue weighted by Crippen LogP contribution is -2.37. The molecule has 0 aromatic rings. The maximum Gasteiger partial charge on any atom is 0.0727 e. The van der Waals surface area contributed by atoms with E-state index in [9.17, 15) is 0 Å². The van der Waals surface area contributed by atoms with Crippen molar-refractivity contribution in [3.05, 3.63) is 0 Å². The summed E-state index contributed by atoms with van der Waals surface area (Å²) in [5.41, 5.74) is 5.46. The van der Waals surface area contributed by atoms with Gasteiger partial charge in [-0.25, -0.2) is 0 Å². The van der Waals surface area contributed by atoms with Gasteiger partial charge in [-0.05, 0) is 38.6 Å². The molecule has 0 bridgehead atoms. The molecule has 0 aromatic heterocycles. The van der Waals surface area contributed by atoms with Crippen LogP contribution in [0.1, 0.15) is 32.1 Å². The molecule has 5 heteroatoms. The highest BCUT2D eigenvalue weighted by Crippen LogP contribution is 2.14. The molecule has 1 rings (SSSR count). The lowest BCUT2D eigenvalue weighted by molar-refractivity contribution is -0.00784. The van der Waals surface area contributed by atoms with Gasteiger partial charge in [-0.3, -0.25) is 0 Å². The van der Waals surface area contributed by atoms with Crippen LogP contribution in [0, 0.1) is 0 Å². The zero-order valence-electron chi connectivity index (χ0n) is 10.4. The van der Waals surface area contributed by atoms with Crippen LogP contribution in [-0.2, 0) is 4.74 Å². The summed E-state index contributed by atoms with van der Waals surface area (Å²) in [4.78, 5) is 3.10. The standard InChI is InChI=1S/C12H24N2O2S/c13-12(17)3-1-2-6-14-7-4-11(5-8-14)16-10-9-15/h11,15H,1-10H2,(H2,13,17). The van der Waals surface area contributed by atoms with Crippen LogP contribution in [0.5, 0.6) is 0 Å². The second-order valence-corrected chi connectivity index (χ2v) is 5.08. The number of ether oxygens (including phenoxy) is 1. The molecule has 0 spiro atoms. The van der Waals surface area contributed by atoms with Crippen LogP contribution in [0.25, 0.3) is 0 Å². The molecule has 17 heavy (non-hydrogen) atoms. The van der Waals surface area contributed by atoms with Crippen molar-refractivity contribution >= 4 is 17.2 Å². The first kappa shape index (κ1) is 14.8. The maximum absolute atomic E-state index is 8.68. The molecule has 1 aliphatic rings. The Balaban J connectivity index is 2.01. The van der Waals surface area contributed by atoms with Crippen molar-refractivity contribution < 1.29 is 9.84 Å². The van der Waals surface area contributed by atoms with E-state index in [1.165, 1.54) is 6.42 Å². The first-order valence-corrected chi connectivity index (χ1v) is 6.86. The molecule has 1 fully saturated rings. The average molecular weight is 260 g/mol. The van der Waals surface area contributed by atoms with Gasteiger partial charge in [0.25, 0.3) is 0 Å². The van der Waals surface area contributed by atoms with Gasteiger partial charge in [0.2, 0.25) is 0 Å². The molecule has 100 valence electrons. The summed E-state index contributed by atoms with van der Waals surface area (Å²) >= 11 is 4.85. The van der Waals surface area contributed by atoms with Gasteiger partial charge in [-0.1, -0.05) is 12.2 Å². The molecular formula is C12H24N2O2S. The molecule has 0 unspecified atom stereocenters. The zero-order valence-corrected chi connectivity index (χ0v) is 11.3. The average Bonchev–Trinajstić information content (AvgIpc) is 2.33. The molecule has 1 saturated heterocycles. The monoisotopic (exact) mass is 260 g/mol. The quantitative estimate of drug-likeness (QED) is 0.502. The summed E-state index contributed by atoms with van der Waals surface area (Å²) in [5.74, 6) is 0. The Morgan fingerprint density at radius 1 is 1.35 bits per heavy atom. The summed E-state index contributed by atoms with van der Waals surface area (Å²) < 4.78 is 5.53. The van der Waals surface area contributed by atoms with E-state index in [2.05, 4.69) is 4.90 Å². The molecule has 1 heterocycles. The van der Waals surface area contributed by atoms with Crippen molar-refractivity contribution in [1.82, 2.24) is 4.90 Å². The van der Waals surface area contributed by atoms with Gasteiger partial charge in [0.1, 0.15) is 0 Å². The van der Waals surface area contributed by atoms with E-state index in [1.807, 2.05) is 0 Å². The zero-order chi connectivity index (χ0) is 12.5. The van der Waals surface area contributed by atoms with E-state index < -0.39 is 0 Å². The number of aliphatic hydroxyl groups excluding tert-OH is 1. The van der Waals surface area contributed by atoms with Gasteiger partial charge in [0, 0.05) is 13.1 Å². The smallest absolute Gasteiger partial charge is 0.0727 e. The molecule has 0 saturated carbocycles. The second-order valence-electron chi connectivity index (χ2n) is 4.56. The van der Waals surface area contributed by atoms with Gasteiger partial charge in [-0.15, -0.1) is 0 Å². The molecule has 4 nitrogen and oxygen atoms in total. The summed E-state index contributed by atoms with van der Waals surface area (Å²) in [6, 6.07) is 0. The van der Waals surface area contributed by atoms with E-state index in [-0.39, 0.29) is 6.61 Å². The van der Waals surface area contributed by atoms with Gasteiger partial charge >= 0.3 is 0 Å². The number of likely N-dealkylation sites (tertiary alicyclic amines) is 1. The van der Waals surface area contributed by atoms with Crippen LogP contribution in [0.3, 0.4) is 0 Å². The summed E-state index contributed by atoms with van der Waals surface area (Å²) in [7, 11) is 0. The number of hydrogen-bond acceptors (Lipinski definition) is 4. The van der Waals surface area contributed by atoms with E-state index in [4.69, 9.17) is 27.8 Å². The van der Waals surface area contributed by atoms with E-state index in [0.717, 1.165) is 45.3 Å². The van der Waals surface area contributed by atoms with Crippen LogP contribution in [0.4, 0.5) is 0 Å². The second kappa shape index (κ2) is 8.80. The fourth-order valence-corrected chi connectivity index (χ4v) is 2.30. The molecule has 0 aromatic carbocycles. The Morgan fingerprint density at radius 3 is 2.65 bits per heavy atom. The molecule has 0 amide bonds. The third-order valence-electron chi connectivity index (χ3n) is 3.13.